The summed E-state index contributed by atoms with van der Waals surface area (Å²) in [6.45, 7) is 1.80. The third kappa shape index (κ3) is 3.05. The number of aldehydes is 1. The highest BCUT2D eigenvalue weighted by molar-refractivity contribution is 7.16. The van der Waals surface area contributed by atoms with Gasteiger partial charge in [-0.2, -0.15) is 0 Å². The molecule has 0 N–H and O–H groups in total. The molecule has 86 valence electrons. The minimum atomic E-state index is 0.731. The Balaban J connectivity index is 2.29. The van der Waals surface area contributed by atoms with Crippen LogP contribution in [0.3, 0.4) is 0 Å². The molecule has 3 heteroatoms. The molecule has 0 unspecified atom stereocenters. The summed E-state index contributed by atoms with van der Waals surface area (Å²) in [7, 11) is 0. The van der Waals surface area contributed by atoms with Gasteiger partial charge >= 0.3 is 0 Å². The molecule has 1 aromatic carbocycles. The minimum absolute atomic E-state index is 0.731. The van der Waals surface area contributed by atoms with Gasteiger partial charge in [0.2, 0.25) is 0 Å². The quantitative estimate of drug-likeness (QED) is 0.580. The van der Waals surface area contributed by atoms with Gasteiger partial charge in [-0.1, -0.05) is 23.7 Å². The first-order chi connectivity index (χ1) is 8.19. The van der Waals surface area contributed by atoms with Crippen molar-refractivity contribution in [2.75, 3.05) is 0 Å². The zero-order chi connectivity index (χ0) is 12.3. The summed E-state index contributed by atoms with van der Waals surface area (Å²) < 4.78 is 0. The van der Waals surface area contributed by atoms with Crippen LogP contribution in [0.5, 0.6) is 0 Å². The molecule has 0 fully saturated rings. The molecule has 0 aliphatic heterocycles. The third-order valence-corrected chi connectivity index (χ3v) is 3.64. The molecule has 0 amide bonds. The largest absolute Gasteiger partial charge is 0.298 e. The van der Waals surface area contributed by atoms with Crippen LogP contribution in [0.25, 0.3) is 16.5 Å². The summed E-state index contributed by atoms with van der Waals surface area (Å²) >= 11 is 7.50. The van der Waals surface area contributed by atoms with E-state index >= 15 is 0 Å². The van der Waals surface area contributed by atoms with Crippen molar-refractivity contribution < 1.29 is 4.79 Å². The van der Waals surface area contributed by atoms with E-state index in [2.05, 4.69) is 6.07 Å². The molecule has 0 atom stereocenters. The Kier molecular flexibility index (Phi) is 3.77. The molecule has 2 rings (SSSR count). The van der Waals surface area contributed by atoms with Crippen LogP contribution in [0, 0.1) is 0 Å². The second-order valence-corrected chi connectivity index (χ2v) is 5.27. The van der Waals surface area contributed by atoms with Crippen molar-refractivity contribution in [1.29, 1.82) is 0 Å². The van der Waals surface area contributed by atoms with E-state index in [0.717, 1.165) is 27.3 Å². The lowest BCUT2D eigenvalue weighted by Crippen LogP contribution is -1.73. The van der Waals surface area contributed by atoms with Gasteiger partial charge < -0.3 is 0 Å². The van der Waals surface area contributed by atoms with Crippen molar-refractivity contribution in [2.45, 2.75) is 6.92 Å². The van der Waals surface area contributed by atoms with Gasteiger partial charge in [0.15, 0.2) is 0 Å². The van der Waals surface area contributed by atoms with E-state index in [4.69, 9.17) is 11.6 Å². The SMILES string of the molecule is CC(C=O)=Cc1ccc(-c2ccc(Cl)cc2)s1. The summed E-state index contributed by atoms with van der Waals surface area (Å²) in [6.07, 6.45) is 2.75. The van der Waals surface area contributed by atoms with Crippen molar-refractivity contribution in [3.63, 3.8) is 0 Å². The Bertz CT molecular complexity index is 552. The highest BCUT2D eigenvalue weighted by Gasteiger charge is 2.01. The summed E-state index contributed by atoms with van der Waals surface area (Å²) in [5.41, 5.74) is 1.87. The van der Waals surface area contributed by atoms with Crippen LogP contribution in [-0.2, 0) is 4.79 Å². The average Bonchev–Trinajstić information content (AvgIpc) is 2.78. The van der Waals surface area contributed by atoms with E-state index in [1.54, 1.807) is 18.3 Å². The first kappa shape index (κ1) is 12.1. The molecule has 0 saturated heterocycles. The molecule has 0 radical (unpaired) electrons. The van der Waals surface area contributed by atoms with Gasteiger partial charge in [0.05, 0.1) is 0 Å². The van der Waals surface area contributed by atoms with Crippen LogP contribution in [-0.4, -0.2) is 6.29 Å². The lowest BCUT2D eigenvalue weighted by Gasteiger charge is -1.96. The first-order valence-corrected chi connectivity index (χ1v) is 6.38. The number of allylic oxidation sites excluding steroid dienone is 1. The number of carbonyl (C=O) groups excluding carboxylic acids is 1. The zero-order valence-electron chi connectivity index (χ0n) is 9.31. The lowest BCUT2D eigenvalue weighted by atomic mass is 10.2. The Morgan fingerprint density at radius 3 is 2.53 bits per heavy atom. The fourth-order valence-corrected chi connectivity index (χ4v) is 2.61. The Morgan fingerprint density at radius 2 is 1.88 bits per heavy atom. The van der Waals surface area contributed by atoms with E-state index in [0.29, 0.717) is 0 Å². The number of benzene rings is 1. The summed E-state index contributed by atoms with van der Waals surface area (Å²) in [5, 5.41) is 0.738. The molecular weight excluding hydrogens is 252 g/mol. The molecule has 1 heterocycles. The van der Waals surface area contributed by atoms with Gasteiger partial charge in [0.1, 0.15) is 6.29 Å². The molecule has 0 saturated carbocycles. The normalized spacial score (nSPS) is 11.5. The highest BCUT2D eigenvalue weighted by Crippen LogP contribution is 2.29. The smallest absolute Gasteiger partial charge is 0.145 e. The van der Waals surface area contributed by atoms with Gasteiger partial charge in [-0.25, -0.2) is 0 Å². The first-order valence-electron chi connectivity index (χ1n) is 5.18. The summed E-state index contributed by atoms with van der Waals surface area (Å²) in [4.78, 5) is 12.8. The summed E-state index contributed by atoms with van der Waals surface area (Å²) in [5.74, 6) is 0. The molecular formula is C14H11ClOS. The number of rotatable bonds is 3. The van der Waals surface area contributed by atoms with Crippen LogP contribution in [0.4, 0.5) is 0 Å². The molecule has 0 spiro atoms. The van der Waals surface area contributed by atoms with Gasteiger partial charge in [-0.3, -0.25) is 4.79 Å². The average molecular weight is 263 g/mol. The number of carbonyl (C=O) groups is 1. The maximum absolute atomic E-state index is 10.5. The molecule has 0 aliphatic rings. The van der Waals surface area contributed by atoms with Crippen molar-refractivity contribution in [3.05, 3.63) is 51.9 Å². The van der Waals surface area contributed by atoms with E-state index in [9.17, 15) is 4.79 Å². The predicted molar refractivity (Wildman–Crippen MR) is 74.5 cm³/mol. The standard InChI is InChI=1S/C14H11ClOS/c1-10(9-16)8-13-6-7-14(17-13)11-2-4-12(15)5-3-11/h2-9H,1H3. The van der Waals surface area contributed by atoms with Gasteiger partial charge in [0, 0.05) is 14.8 Å². The fraction of sp³-hybridized carbons (Fsp3) is 0.0714. The van der Waals surface area contributed by atoms with Crippen LogP contribution in [0.2, 0.25) is 5.02 Å². The second-order valence-electron chi connectivity index (χ2n) is 3.72. The molecule has 2 aromatic rings. The van der Waals surface area contributed by atoms with Gasteiger partial charge in [-0.05, 0) is 48.4 Å². The monoisotopic (exact) mass is 262 g/mol. The zero-order valence-corrected chi connectivity index (χ0v) is 10.9. The Morgan fingerprint density at radius 1 is 1.18 bits per heavy atom. The Hall–Kier alpha value is -1.38. The van der Waals surface area contributed by atoms with E-state index in [1.165, 1.54) is 4.88 Å². The van der Waals surface area contributed by atoms with E-state index in [1.807, 2.05) is 36.4 Å². The molecule has 17 heavy (non-hydrogen) atoms. The van der Waals surface area contributed by atoms with Crippen molar-refractivity contribution in [2.24, 2.45) is 0 Å². The van der Waals surface area contributed by atoms with Crippen LogP contribution >= 0.6 is 22.9 Å². The number of thiophene rings is 1. The molecule has 1 aromatic heterocycles. The maximum Gasteiger partial charge on any atom is 0.145 e. The van der Waals surface area contributed by atoms with Crippen molar-refractivity contribution in [1.82, 2.24) is 0 Å². The summed E-state index contributed by atoms with van der Waals surface area (Å²) in [6, 6.07) is 11.8. The van der Waals surface area contributed by atoms with Crippen molar-refractivity contribution in [3.8, 4) is 10.4 Å². The molecule has 0 aliphatic carbocycles. The van der Waals surface area contributed by atoms with Crippen LogP contribution in [0.1, 0.15) is 11.8 Å². The second kappa shape index (κ2) is 5.30. The third-order valence-electron chi connectivity index (χ3n) is 2.31. The van der Waals surface area contributed by atoms with Crippen LogP contribution in [0.15, 0.2) is 42.0 Å². The van der Waals surface area contributed by atoms with E-state index < -0.39 is 0 Å². The Labute approximate surface area is 109 Å². The fourth-order valence-electron chi connectivity index (χ4n) is 1.46. The maximum atomic E-state index is 10.5. The topological polar surface area (TPSA) is 17.1 Å². The minimum Gasteiger partial charge on any atom is -0.298 e. The molecule has 0 bridgehead atoms. The predicted octanol–water partition coefficient (Wildman–Crippen LogP) is 4.67. The number of halogens is 1. The number of hydrogen-bond donors (Lipinski definition) is 0. The van der Waals surface area contributed by atoms with Gasteiger partial charge in [-0.15, -0.1) is 11.3 Å². The number of hydrogen-bond acceptors (Lipinski definition) is 2. The van der Waals surface area contributed by atoms with E-state index in [-0.39, 0.29) is 0 Å². The van der Waals surface area contributed by atoms with Crippen LogP contribution < -0.4 is 0 Å². The highest BCUT2D eigenvalue weighted by atomic mass is 35.5. The van der Waals surface area contributed by atoms with Gasteiger partial charge in [0.25, 0.3) is 0 Å². The lowest BCUT2D eigenvalue weighted by molar-refractivity contribution is -0.104. The van der Waals surface area contributed by atoms with Crippen molar-refractivity contribution >= 4 is 35.3 Å². The molecule has 1 nitrogen and oxygen atoms in total.